The number of fused-ring (bicyclic) bond motifs is 7. The Labute approximate surface area is 373 Å². The molecule has 63 heavy (non-hydrogen) atoms. The largest absolute Gasteiger partial charge is 0.490 e. The van der Waals surface area contributed by atoms with Gasteiger partial charge in [-0.2, -0.15) is 13.2 Å². The van der Waals surface area contributed by atoms with Crippen LogP contribution in [0.3, 0.4) is 0 Å². The zero-order valence-electron chi connectivity index (χ0n) is 33.9. The maximum absolute atomic E-state index is 14.1. The van der Waals surface area contributed by atoms with Gasteiger partial charge in [-0.05, 0) is 84.6 Å². The summed E-state index contributed by atoms with van der Waals surface area (Å²) in [5.41, 5.74) is 5.89. The van der Waals surface area contributed by atoms with Crippen molar-refractivity contribution in [3.8, 4) is 56.1 Å². The Bertz CT molecular complexity index is 2710. The third kappa shape index (κ3) is 10.2. The van der Waals surface area contributed by atoms with Crippen molar-refractivity contribution in [2.75, 3.05) is 44.8 Å². The fraction of sp³-hybridized carbons (Fsp3) is 0.267. The van der Waals surface area contributed by atoms with Gasteiger partial charge in [0.25, 0.3) is 0 Å². The van der Waals surface area contributed by atoms with Crippen molar-refractivity contribution in [1.82, 2.24) is 30.2 Å². The molecule has 3 aromatic carbocycles. The van der Waals surface area contributed by atoms with E-state index in [2.05, 4.69) is 30.6 Å². The van der Waals surface area contributed by atoms with Gasteiger partial charge in [0.15, 0.2) is 11.6 Å². The Kier molecular flexibility index (Phi) is 13.4. The topological polar surface area (TPSA) is 125 Å². The minimum absolute atomic E-state index is 0.125. The first kappa shape index (κ1) is 43.8. The van der Waals surface area contributed by atoms with E-state index in [1.807, 2.05) is 38.1 Å². The quantitative estimate of drug-likeness (QED) is 0.0951. The van der Waals surface area contributed by atoms with Gasteiger partial charge in [0.2, 0.25) is 5.88 Å². The van der Waals surface area contributed by atoms with Gasteiger partial charge in [0.1, 0.15) is 54.1 Å². The molecule has 326 valence electrons. The minimum atomic E-state index is -4.19. The van der Waals surface area contributed by atoms with Crippen LogP contribution in [0.5, 0.6) is 23.1 Å². The highest BCUT2D eigenvalue weighted by molar-refractivity contribution is 7.22. The third-order valence-electron chi connectivity index (χ3n) is 10.2. The summed E-state index contributed by atoms with van der Waals surface area (Å²) < 4.78 is 76.4. The number of hydrogen-bond donors (Lipinski definition) is 2. The van der Waals surface area contributed by atoms with Gasteiger partial charge in [-0.25, -0.2) is 29.3 Å². The highest BCUT2D eigenvalue weighted by Crippen LogP contribution is 2.52. The Hall–Kier alpha value is -5.81. The molecule has 7 aromatic rings. The first-order valence-corrected chi connectivity index (χ1v) is 21.5. The first-order valence-electron chi connectivity index (χ1n) is 19.9. The van der Waals surface area contributed by atoms with Crippen molar-refractivity contribution in [2.24, 2.45) is 0 Å². The van der Waals surface area contributed by atoms with Gasteiger partial charge in [0.05, 0.1) is 34.2 Å². The molecular formula is C45H39Cl2F4N7O4S. The van der Waals surface area contributed by atoms with Crippen LogP contribution in [-0.2, 0) is 13.0 Å². The lowest BCUT2D eigenvalue weighted by molar-refractivity contribution is -0.133. The average molecular weight is 921 g/mol. The molecule has 2 aliphatic rings. The number of pyridine rings is 1. The maximum atomic E-state index is 14.1. The molecule has 0 unspecified atom stereocenters. The number of thiophene rings is 1. The van der Waals surface area contributed by atoms with Crippen LogP contribution in [0.4, 0.5) is 23.4 Å². The molecule has 0 amide bonds. The van der Waals surface area contributed by atoms with Gasteiger partial charge in [0, 0.05) is 60.0 Å². The lowest BCUT2D eigenvalue weighted by Crippen LogP contribution is -2.26. The number of nitrogens with zero attached hydrogens (tertiary/aromatic N) is 5. The molecule has 9 rings (SSSR count). The second-order valence-corrected chi connectivity index (χ2v) is 16.2. The minimum Gasteiger partial charge on any atom is -0.490 e. The molecule has 4 aromatic heterocycles. The van der Waals surface area contributed by atoms with Crippen LogP contribution >= 0.6 is 34.5 Å². The van der Waals surface area contributed by atoms with Gasteiger partial charge < -0.3 is 29.6 Å². The van der Waals surface area contributed by atoms with E-state index in [0.29, 0.717) is 85.8 Å². The fourth-order valence-electron chi connectivity index (χ4n) is 7.07. The van der Waals surface area contributed by atoms with E-state index < -0.39 is 12.6 Å². The predicted octanol–water partition coefficient (Wildman–Crippen LogP) is 10.9. The summed E-state index contributed by atoms with van der Waals surface area (Å²) in [6.45, 7) is 5.11. The van der Waals surface area contributed by atoms with Crippen molar-refractivity contribution in [3.63, 3.8) is 0 Å². The number of rotatable bonds is 11. The molecule has 11 nitrogen and oxygen atoms in total. The van der Waals surface area contributed by atoms with Crippen LogP contribution in [0, 0.1) is 19.7 Å². The van der Waals surface area contributed by atoms with Crippen molar-refractivity contribution in [1.29, 1.82) is 0 Å². The summed E-state index contributed by atoms with van der Waals surface area (Å²) in [6.07, 6.45) is 0.0694. The molecule has 0 radical (unpaired) electrons. The lowest BCUT2D eigenvalue weighted by Gasteiger charge is -2.20. The van der Waals surface area contributed by atoms with Gasteiger partial charge in [-0.15, -0.1) is 11.3 Å². The van der Waals surface area contributed by atoms with Crippen molar-refractivity contribution in [3.05, 3.63) is 118 Å². The van der Waals surface area contributed by atoms with Crippen molar-refractivity contribution in [2.45, 2.75) is 39.5 Å². The summed E-state index contributed by atoms with van der Waals surface area (Å²) in [5, 5.41) is 7.22. The lowest BCUT2D eigenvalue weighted by atomic mass is 9.92. The van der Waals surface area contributed by atoms with Crippen LogP contribution in [0.2, 0.25) is 10.0 Å². The Morgan fingerprint density at radius 3 is 2.35 bits per heavy atom. The van der Waals surface area contributed by atoms with Crippen molar-refractivity contribution >= 4 is 50.6 Å². The number of aromatic nitrogens is 5. The fourth-order valence-corrected chi connectivity index (χ4v) is 8.75. The van der Waals surface area contributed by atoms with Crippen LogP contribution in [0.25, 0.3) is 43.2 Å². The Morgan fingerprint density at radius 2 is 1.59 bits per heavy atom. The molecule has 0 spiro atoms. The van der Waals surface area contributed by atoms with E-state index in [9.17, 15) is 17.6 Å². The molecule has 0 atom stereocenters. The summed E-state index contributed by atoms with van der Waals surface area (Å²) in [7, 11) is 0. The van der Waals surface area contributed by atoms with Crippen LogP contribution in [-0.4, -0.2) is 70.6 Å². The zero-order chi connectivity index (χ0) is 44.1. The number of hydrogen-bond acceptors (Lipinski definition) is 12. The number of nitrogens with one attached hydrogen (secondary N) is 2. The van der Waals surface area contributed by atoms with Crippen LogP contribution in [0.1, 0.15) is 28.8 Å². The molecule has 4 bridgehead atoms. The summed E-state index contributed by atoms with van der Waals surface area (Å²) >= 11 is 15.5. The number of alkyl halides is 3. The standard InChI is InChI=1S/C45H39Cl2F4N7O4S/c1-25-35-26(2)39(47)40(38(25)46)60-20-19-59-32-8-9-33(28(21-32)12-18-61-43-37-36(35)41(63-44(37)57-24-56-43)27-3-6-30(48)7-4-27)62-23-31-11-14-54-42(58-31)29-5-10-34(55-22-29)53-17-16-52-15-13-45(49,50)51/h3-11,14,21-22,24,52H,12-13,15-20,23H2,1-2H3,(H,53,55). The van der Waals surface area contributed by atoms with E-state index >= 15 is 0 Å². The Morgan fingerprint density at radius 1 is 0.810 bits per heavy atom. The van der Waals surface area contributed by atoms with Crippen molar-refractivity contribution < 1.29 is 36.5 Å². The van der Waals surface area contributed by atoms with Gasteiger partial charge in [-0.3, -0.25) is 0 Å². The molecule has 0 aliphatic carbocycles. The number of benzene rings is 3. The van der Waals surface area contributed by atoms with Crippen LogP contribution in [0.15, 0.2) is 79.4 Å². The SMILES string of the molecule is Cc1c(Cl)c2c(Cl)c(C)c1-c1c(-c3ccc(F)cc3)sc3ncnc(c13)OCCc1cc(ccc1OCc1ccnc(-c3ccc(NCCNCCC(F)(F)F)nc3)n1)OCCO2. The molecular weight excluding hydrogens is 882 g/mol. The zero-order valence-corrected chi connectivity index (χ0v) is 36.2. The average Bonchev–Trinajstić information content (AvgIpc) is 3.66. The monoisotopic (exact) mass is 919 g/mol. The molecule has 0 saturated carbocycles. The summed E-state index contributed by atoms with van der Waals surface area (Å²) in [4.78, 5) is 24.3. The summed E-state index contributed by atoms with van der Waals surface area (Å²) in [5.74, 6) is 2.54. The second kappa shape index (κ2) is 19.3. The van der Waals surface area contributed by atoms with E-state index in [0.717, 1.165) is 38.3 Å². The predicted molar refractivity (Wildman–Crippen MR) is 236 cm³/mol. The maximum Gasteiger partial charge on any atom is 0.390 e. The highest BCUT2D eigenvalue weighted by atomic mass is 35.5. The molecule has 0 fully saturated rings. The molecule has 0 saturated heterocycles. The summed E-state index contributed by atoms with van der Waals surface area (Å²) in [6, 6.07) is 17.1. The van der Waals surface area contributed by atoms with Gasteiger partial charge >= 0.3 is 6.18 Å². The molecule has 18 heteroatoms. The smallest absolute Gasteiger partial charge is 0.390 e. The van der Waals surface area contributed by atoms with Gasteiger partial charge in [-0.1, -0.05) is 35.3 Å². The normalized spacial score (nSPS) is 13.0. The Balaban J connectivity index is 1.03. The van der Waals surface area contributed by atoms with E-state index in [1.54, 1.807) is 36.7 Å². The number of ether oxygens (including phenoxy) is 4. The van der Waals surface area contributed by atoms with E-state index in [1.165, 1.54) is 29.8 Å². The highest BCUT2D eigenvalue weighted by Gasteiger charge is 2.28. The number of halogens is 6. The number of anilines is 1. The molecule has 6 heterocycles. The second-order valence-electron chi connectivity index (χ2n) is 14.5. The first-order chi connectivity index (χ1) is 30.4. The van der Waals surface area contributed by atoms with Crippen LogP contribution < -0.4 is 29.6 Å². The molecule has 2 aliphatic heterocycles. The van der Waals surface area contributed by atoms with E-state index in [-0.39, 0.29) is 38.8 Å². The van der Waals surface area contributed by atoms with E-state index in [4.69, 9.17) is 47.1 Å². The molecule has 2 N–H and O–H groups in total. The third-order valence-corrected chi connectivity index (χ3v) is 12.2.